The minimum Gasteiger partial charge on any atom is -0.396 e. The third kappa shape index (κ3) is 2.98. The van der Waals surface area contributed by atoms with Crippen molar-refractivity contribution in [1.29, 1.82) is 0 Å². The predicted molar refractivity (Wildman–Crippen MR) is 37.7 cm³/mol. The Labute approximate surface area is 68.8 Å². The Kier molecular flexibility index (Phi) is 2.95. The van der Waals surface area contributed by atoms with Crippen molar-refractivity contribution in [2.45, 2.75) is 25.1 Å². The van der Waals surface area contributed by atoms with Gasteiger partial charge in [0.1, 0.15) is 0 Å². The minimum atomic E-state index is -4.10. The maximum atomic E-state index is 11.8. The van der Waals surface area contributed by atoms with Crippen molar-refractivity contribution >= 4 is 0 Å². The fraction of sp³-hybridized carbons (Fsp3) is 1.00. The fourth-order valence-electron chi connectivity index (χ4n) is 1.48. The molecule has 0 radical (unpaired) electrons. The van der Waals surface area contributed by atoms with Crippen molar-refractivity contribution in [1.82, 2.24) is 5.32 Å². The number of aliphatic hydroxyl groups excluding tert-OH is 1. The van der Waals surface area contributed by atoms with Crippen molar-refractivity contribution < 1.29 is 18.3 Å². The van der Waals surface area contributed by atoms with E-state index in [1.54, 1.807) is 0 Å². The zero-order chi connectivity index (χ0) is 9.19. The lowest BCUT2D eigenvalue weighted by molar-refractivity contribution is -0.139. The van der Waals surface area contributed by atoms with E-state index in [1.807, 2.05) is 0 Å². The highest BCUT2D eigenvalue weighted by atomic mass is 19.4. The van der Waals surface area contributed by atoms with E-state index in [9.17, 15) is 13.2 Å². The molecule has 0 aromatic carbocycles. The Hall–Kier alpha value is -0.290. The second-order valence-corrected chi connectivity index (χ2v) is 3.21. The molecule has 1 aliphatic rings. The van der Waals surface area contributed by atoms with E-state index in [2.05, 4.69) is 5.32 Å². The van der Waals surface area contributed by atoms with Crippen LogP contribution in [0.15, 0.2) is 0 Å². The van der Waals surface area contributed by atoms with Gasteiger partial charge in [-0.3, -0.25) is 0 Å². The minimum absolute atomic E-state index is 0.00245. The molecule has 0 amide bonds. The lowest BCUT2D eigenvalue weighted by Crippen LogP contribution is -2.27. The molecule has 1 aliphatic heterocycles. The first kappa shape index (κ1) is 9.80. The molecule has 2 nitrogen and oxygen atoms in total. The van der Waals surface area contributed by atoms with Crippen molar-refractivity contribution in [3.8, 4) is 0 Å². The van der Waals surface area contributed by atoms with Gasteiger partial charge in [-0.1, -0.05) is 0 Å². The largest absolute Gasteiger partial charge is 0.396 e. The van der Waals surface area contributed by atoms with Gasteiger partial charge in [0, 0.05) is 19.2 Å². The van der Waals surface area contributed by atoms with Crippen LogP contribution < -0.4 is 5.32 Å². The van der Waals surface area contributed by atoms with E-state index in [-0.39, 0.29) is 12.5 Å². The molecule has 0 bridgehead atoms. The van der Waals surface area contributed by atoms with Gasteiger partial charge in [0.05, 0.1) is 6.42 Å². The van der Waals surface area contributed by atoms with Crippen molar-refractivity contribution in [2.24, 2.45) is 5.92 Å². The van der Waals surface area contributed by atoms with Crippen LogP contribution in [0.5, 0.6) is 0 Å². The molecular formula is C7H12F3NO. The highest BCUT2D eigenvalue weighted by Crippen LogP contribution is 2.26. The summed E-state index contributed by atoms with van der Waals surface area (Å²) in [6.45, 7) is 0.471. The van der Waals surface area contributed by atoms with E-state index in [4.69, 9.17) is 5.11 Å². The molecule has 12 heavy (non-hydrogen) atoms. The zero-order valence-corrected chi connectivity index (χ0v) is 6.56. The molecule has 0 aromatic heterocycles. The van der Waals surface area contributed by atoms with E-state index < -0.39 is 18.6 Å². The number of hydrogen-bond acceptors (Lipinski definition) is 2. The Bertz CT molecular complexity index is 148. The van der Waals surface area contributed by atoms with Gasteiger partial charge in [0.2, 0.25) is 0 Å². The molecule has 2 unspecified atom stereocenters. The molecular weight excluding hydrogens is 171 g/mol. The molecule has 0 spiro atoms. The Morgan fingerprint density at radius 2 is 2.08 bits per heavy atom. The summed E-state index contributed by atoms with van der Waals surface area (Å²) >= 11 is 0. The number of rotatable bonds is 2. The van der Waals surface area contributed by atoms with Gasteiger partial charge in [-0.05, 0) is 12.3 Å². The molecule has 1 fully saturated rings. The van der Waals surface area contributed by atoms with Crippen LogP contribution >= 0.6 is 0 Å². The first-order valence-electron chi connectivity index (χ1n) is 3.92. The van der Waals surface area contributed by atoms with Crippen molar-refractivity contribution in [3.05, 3.63) is 0 Å². The Morgan fingerprint density at radius 1 is 1.42 bits per heavy atom. The average molecular weight is 183 g/mol. The predicted octanol–water partition coefficient (Wildman–Crippen LogP) is 0.909. The van der Waals surface area contributed by atoms with Crippen molar-refractivity contribution in [3.63, 3.8) is 0 Å². The normalized spacial score (nSPS) is 31.0. The molecule has 2 N–H and O–H groups in total. The lowest BCUT2D eigenvalue weighted by atomic mass is 10.0. The molecule has 72 valence electrons. The third-order valence-corrected chi connectivity index (χ3v) is 2.05. The summed E-state index contributed by atoms with van der Waals surface area (Å²) in [5, 5.41) is 11.4. The average Bonchev–Trinajstić information content (AvgIpc) is 2.32. The SMILES string of the molecule is OCC1CNC(CC(F)(F)F)C1. The summed E-state index contributed by atoms with van der Waals surface area (Å²) < 4.78 is 35.5. The molecule has 0 aliphatic carbocycles. The molecule has 0 saturated carbocycles. The summed E-state index contributed by atoms with van der Waals surface area (Å²) in [5.41, 5.74) is 0. The fourth-order valence-corrected chi connectivity index (χ4v) is 1.48. The summed E-state index contributed by atoms with van der Waals surface area (Å²) in [4.78, 5) is 0. The monoisotopic (exact) mass is 183 g/mol. The van der Waals surface area contributed by atoms with Gasteiger partial charge in [0.15, 0.2) is 0 Å². The number of hydrogen-bond donors (Lipinski definition) is 2. The number of alkyl halides is 3. The standard InChI is InChI=1S/C7H12F3NO/c8-7(9,10)2-6-1-5(4-12)3-11-6/h5-6,11-12H,1-4H2. The first-order chi connectivity index (χ1) is 5.51. The maximum Gasteiger partial charge on any atom is 0.390 e. The van der Waals surface area contributed by atoms with Crippen LogP contribution in [-0.4, -0.2) is 30.5 Å². The number of halogens is 3. The second-order valence-electron chi connectivity index (χ2n) is 3.21. The molecule has 2 atom stereocenters. The van der Waals surface area contributed by atoms with Crippen molar-refractivity contribution in [2.75, 3.05) is 13.2 Å². The highest BCUT2D eigenvalue weighted by Gasteiger charge is 2.35. The van der Waals surface area contributed by atoms with E-state index in [1.165, 1.54) is 0 Å². The summed E-state index contributed by atoms with van der Waals surface area (Å²) in [6.07, 6.45) is -4.46. The van der Waals surface area contributed by atoms with Crippen LogP contribution in [0.2, 0.25) is 0 Å². The summed E-state index contributed by atoms with van der Waals surface area (Å²) in [5.74, 6) is -0.00245. The maximum absolute atomic E-state index is 11.8. The van der Waals surface area contributed by atoms with E-state index in [0.29, 0.717) is 13.0 Å². The Morgan fingerprint density at radius 3 is 2.50 bits per heavy atom. The van der Waals surface area contributed by atoms with Gasteiger partial charge < -0.3 is 10.4 Å². The van der Waals surface area contributed by atoms with Crippen LogP contribution in [-0.2, 0) is 0 Å². The number of nitrogens with one attached hydrogen (secondary N) is 1. The molecule has 5 heteroatoms. The summed E-state index contributed by atoms with van der Waals surface area (Å²) in [7, 11) is 0. The Balaban J connectivity index is 2.28. The molecule has 1 heterocycles. The highest BCUT2D eigenvalue weighted by molar-refractivity contribution is 4.82. The van der Waals surface area contributed by atoms with Gasteiger partial charge in [0.25, 0.3) is 0 Å². The quantitative estimate of drug-likeness (QED) is 0.667. The topological polar surface area (TPSA) is 32.3 Å². The van der Waals surface area contributed by atoms with E-state index in [0.717, 1.165) is 0 Å². The van der Waals surface area contributed by atoms with Crippen LogP contribution in [0.1, 0.15) is 12.8 Å². The first-order valence-corrected chi connectivity index (χ1v) is 3.92. The van der Waals surface area contributed by atoms with Gasteiger partial charge in [-0.2, -0.15) is 13.2 Å². The van der Waals surface area contributed by atoms with Gasteiger partial charge >= 0.3 is 6.18 Å². The third-order valence-electron chi connectivity index (χ3n) is 2.05. The molecule has 0 aromatic rings. The smallest absolute Gasteiger partial charge is 0.390 e. The zero-order valence-electron chi connectivity index (χ0n) is 6.56. The second kappa shape index (κ2) is 3.62. The van der Waals surface area contributed by atoms with Crippen LogP contribution in [0.25, 0.3) is 0 Å². The molecule has 1 saturated heterocycles. The van der Waals surface area contributed by atoms with Crippen LogP contribution in [0.4, 0.5) is 13.2 Å². The number of aliphatic hydroxyl groups is 1. The van der Waals surface area contributed by atoms with Gasteiger partial charge in [-0.15, -0.1) is 0 Å². The molecule has 1 rings (SSSR count). The lowest BCUT2D eigenvalue weighted by Gasteiger charge is -2.12. The van der Waals surface area contributed by atoms with Crippen LogP contribution in [0.3, 0.4) is 0 Å². The van der Waals surface area contributed by atoms with Crippen LogP contribution in [0, 0.1) is 5.92 Å². The van der Waals surface area contributed by atoms with Gasteiger partial charge in [-0.25, -0.2) is 0 Å². The van der Waals surface area contributed by atoms with E-state index >= 15 is 0 Å². The summed E-state index contributed by atoms with van der Waals surface area (Å²) in [6, 6.07) is -0.498.